The van der Waals surface area contributed by atoms with Crippen LogP contribution >= 0.6 is 0 Å². The first-order valence-corrected chi connectivity index (χ1v) is 18.5. The number of para-hydroxylation sites is 1. The number of aromatic nitrogens is 5. The average Bonchev–Trinajstić information content (AvgIpc) is 4.08. The molecule has 55 heavy (non-hydrogen) atoms. The summed E-state index contributed by atoms with van der Waals surface area (Å²) in [6, 6.07) is 49.2. The normalized spacial score (nSPS) is 12.0. The van der Waals surface area contributed by atoms with E-state index >= 15 is 0 Å². The highest BCUT2D eigenvalue weighted by atomic mass is 16.3. The molecule has 6 heteroatoms. The van der Waals surface area contributed by atoms with Crippen LogP contribution in [0.3, 0.4) is 0 Å². The molecule has 0 atom stereocenters. The van der Waals surface area contributed by atoms with E-state index in [4.69, 9.17) is 9.40 Å². The maximum atomic E-state index is 7.28. The fourth-order valence-corrected chi connectivity index (χ4v) is 8.77. The van der Waals surface area contributed by atoms with Crippen LogP contribution in [-0.4, -0.2) is 23.8 Å². The Labute approximate surface area is 314 Å². The molecule has 8 aromatic heterocycles. The van der Waals surface area contributed by atoms with Crippen LogP contribution in [0.25, 0.3) is 111 Å². The average molecular weight is 706 g/mol. The molecule has 0 radical (unpaired) electrons. The van der Waals surface area contributed by atoms with Crippen molar-refractivity contribution in [2.75, 3.05) is 0 Å². The second-order valence-corrected chi connectivity index (χ2v) is 14.2. The van der Waals surface area contributed by atoms with Crippen LogP contribution in [0.4, 0.5) is 0 Å². The van der Waals surface area contributed by atoms with Crippen LogP contribution in [0.15, 0.2) is 181 Å². The van der Waals surface area contributed by atoms with Crippen LogP contribution in [-0.2, 0) is 0 Å². The van der Waals surface area contributed by atoms with Crippen molar-refractivity contribution in [2.24, 2.45) is 0 Å². The van der Waals surface area contributed by atoms with Crippen molar-refractivity contribution in [1.82, 2.24) is 23.8 Å². The minimum atomic E-state index is 0.777. The Balaban J connectivity index is 1.34. The quantitative estimate of drug-likeness (QED) is 0.187. The molecule has 0 fully saturated rings. The van der Waals surface area contributed by atoms with Crippen LogP contribution < -0.4 is 0 Å². The third-order valence-electron chi connectivity index (χ3n) is 11.2. The highest BCUT2D eigenvalue weighted by molar-refractivity contribution is 6.21. The van der Waals surface area contributed by atoms with Gasteiger partial charge in [-0.05, 0) is 71.4 Å². The minimum absolute atomic E-state index is 0.777. The molecule has 0 amide bonds. The van der Waals surface area contributed by atoms with E-state index in [9.17, 15) is 0 Å². The number of aromatic amines is 2. The lowest BCUT2D eigenvalue weighted by Crippen LogP contribution is -1.95. The minimum Gasteiger partial charge on any atom is -0.454 e. The predicted molar refractivity (Wildman–Crippen MR) is 224 cm³/mol. The van der Waals surface area contributed by atoms with Gasteiger partial charge in [-0.15, -0.1) is 0 Å². The number of fused-ring (bicyclic) bond motifs is 6. The van der Waals surface area contributed by atoms with Gasteiger partial charge in [-0.1, -0.05) is 78.9 Å². The third kappa shape index (κ3) is 4.39. The first-order valence-electron chi connectivity index (χ1n) is 18.5. The molecule has 0 aliphatic rings. The second-order valence-electron chi connectivity index (χ2n) is 14.2. The number of nitrogens with one attached hydrogen (secondary N) is 2. The second kappa shape index (κ2) is 11.5. The molecule has 0 aliphatic carbocycles. The van der Waals surface area contributed by atoms with Crippen molar-refractivity contribution in [1.29, 1.82) is 0 Å². The zero-order chi connectivity index (χ0) is 36.0. The number of rotatable bonds is 5. The largest absolute Gasteiger partial charge is 0.454 e. The molecule has 258 valence electrons. The monoisotopic (exact) mass is 705 g/mol. The van der Waals surface area contributed by atoms with Crippen LogP contribution in [0.1, 0.15) is 0 Å². The lowest BCUT2D eigenvalue weighted by molar-refractivity contribution is 0.630. The molecular weight excluding hydrogens is 675 g/mol. The zero-order valence-corrected chi connectivity index (χ0v) is 29.5. The summed E-state index contributed by atoms with van der Waals surface area (Å²) in [6.07, 6.45) is 12.6. The lowest BCUT2D eigenvalue weighted by atomic mass is 9.84. The maximum Gasteiger partial charge on any atom is 0.161 e. The van der Waals surface area contributed by atoms with E-state index < -0.39 is 0 Å². The number of benzene rings is 4. The number of furan rings is 1. The van der Waals surface area contributed by atoms with Crippen molar-refractivity contribution in [3.05, 3.63) is 177 Å². The Kier molecular flexibility index (Phi) is 6.24. The summed E-state index contributed by atoms with van der Waals surface area (Å²) in [7, 11) is 0. The fourth-order valence-electron chi connectivity index (χ4n) is 8.77. The van der Waals surface area contributed by atoms with E-state index in [0.717, 1.165) is 111 Å². The molecule has 0 saturated carbocycles. The van der Waals surface area contributed by atoms with Gasteiger partial charge < -0.3 is 23.2 Å². The Morgan fingerprint density at radius 1 is 0.527 bits per heavy atom. The first-order chi connectivity index (χ1) is 27.3. The molecule has 0 aliphatic heterocycles. The molecule has 0 saturated heterocycles. The molecule has 6 nitrogen and oxygen atoms in total. The van der Waals surface area contributed by atoms with Gasteiger partial charge in [-0.3, -0.25) is 4.98 Å². The number of H-pyrrole nitrogens is 2. The Hall–Kier alpha value is -7.57. The van der Waals surface area contributed by atoms with Gasteiger partial charge in [0, 0.05) is 92.1 Å². The van der Waals surface area contributed by atoms with Crippen LogP contribution in [0, 0.1) is 0 Å². The van der Waals surface area contributed by atoms with Gasteiger partial charge in [0.2, 0.25) is 0 Å². The third-order valence-corrected chi connectivity index (χ3v) is 11.2. The topological polar surface area (TPSA) is 66.4 Å². The number of hydrogen-bond donors (Lipinski definition) is 2. The lowest BCUT2D eigenvalue weighted by Gasteiger charge is -2.18. The zero-order valence-electron chi connectivity index (χ0n) is 29.5. The highest BCUT2D eigenvalue weighted by Gasteiger charge is 2.31. The molecule has 8 heterocycles. The summed E-state index contributed by atoms with van der Waals surface area (Å²) in [4.78, 5) is 12.6. The van der Waals surface area contributed by atoms with E-state index in [1.54, 1.807) is 0 Å². The summed E-state index contributed by atoms with van der Waals surface area (Å²) in [6.45, 7) is 0. The molecule has 0 unspecified atom stereocenters. The van der Waals surface area contributed by atoms with Gasteiger partial charge in [-0.25, -0.2) is 0 Å². The molecule has 12 rings (SSSR count). The van der Waals surface area contributed by atoms with Gasteiger partial charge in [0.05, 0.1) is 33.7 Å². The summed E-state index contributed by atoms with van der Waals surface area (Å²) < 4.78 is 11.7. The SMILES string of the molecule is c1ccc2[nH]c(-c3oc4cc(-c5nccc6ccccc56)c(-c5ccn6ccccc56)c(-c5ccn6ccccc56)c4c3-c3[nH]cc4ccccc34)cc2c1. The van der Waals surface area contributed by atoms with E-state index in [1.165, 1.54) is 0 Å². The number of nitrogens with zero attached hydrogens (tertiary/aromatic N) is 3. The predicted octanol–water partition coefficient (Wildman–Crippen LogP) is 12.8. The number of hydrogen-bond acceptors (Lipinski definition) is 2. The molecule has 2 N–H and O–H groups in total. The fraction of sp³-hybridized carbons (Fsp3) is 0. The summed E-state index contributed by atoms with van der Waals surface area (Å²) in [5, 5.41) is 6.65. The Bertz CT molecular complexity index is 3420. The van der Waals surface area contributed by atoms with Gasteiger partial charge in [0.1, 0.15) is 5.58 Å². The van der Waals surface area contributed by atoms with E-state index in [1.807, 2.05) is 6.20 Å². The molecule has 4 aromatic carbocycles. The van der Waals surface area contributed by atoms with E-state index in [-0.39, 0.29) is 0 Å². The first kappa shape index (κ1) is 29.9. The molecule has 12 aromatic rings. The van der Waals surface area contributed by atoms with Crippen LogP contribution in [0.2, 0.25) is 0 Å². The summed E-state index contributed by atoms with van der Waals surface area (Å²) in [5.41, 5.74) is 13.3. The van der Waals surface area contributed by atoms with Crippen molar-refractivity contribution >= 4 is 54.5 Å². The standard InChI is InChI=1S/C49H31N5O/c1-4-14-33-30(11-1)19-22-50-47(33)37-28-42-45(44(36-21-26-54-24-10-8-18-41(36)54)43(37)35-20-25-53-23-9-7-17-40(35)53)46(48-34-15-5-2-13-32(34)29-51-48)49(55-42)39-27-31-12-3-6-16-38(31)52-39/h1-29,51-52H. The maximum absolute atomic E-state index is 7.28. The summed E-state index contributed by atoms with van der Waals surface area (Å²) >= 11 is 0. The van der Waals surface area contributed by atoms with Gasteiger partial charge in [0.25, 0.3) is 0 Å². The van der Waals surface area contributed by atoms with E-state index in [2.05, 4.69) is 189 Å². The summed E-state index contributed by atoms with van der Waals surface area (Å²) in [5.74, 6) is 0.777. The van der Waals surface area contributed by atoms with Gasteiger partial charge in [0.15, 0.2) is 5.76 Å². The molecule has 0 spiro atoms. The highest BCUT2D eigenvalue weighted by Crippen LogP contribution is 2.54. The number of pyridine rings is 3. The molecular formula is C49H31N5O. The van der Waals surface area contributed by atoms with Crippen molar-refractivity contribution in [3.63, 3.8) is 0 Å². The van der Waals surface area contributed by atoms with Crippen molar-refractivity contribution in [3.8, 4) is 56.2 Å². The van der Waals surface area contributed by atoms with Crippen LogP contribution in [0.5, 0.6) is 0 Å². The smallest absolute Gasteiger partial charge is 0.161 e. The van der Waals surface area contributed by atoms with Gasteiger partial charge in [-0.2, -0.15) is 0 Å². The Morgan fingerprint density at radius 2 is 1.20 bits per heavy atom. The Morgan fingerprint density at radius 3 is 1.98 bits per heavy atom. The van der Waals surface area contributed by atoms with E-state index in [0.29, 0.717) is 0 Å². The van der Waals surface area contributed by atoms with Crippen molar-refractivity contribution in [2.45, 2.75) is 0 Å². The molecule has 0 bridgehead atoms. The van der Waals surface area contributed by atoms with Gasteiger partial charge >= 0.3 is 0 Å². The van der Waals surface area contributed by atoms with Crippen molar-refractivity contribution < 1.29 is 4.42 Å².